The molecule has 0 aliphatic heterocycles. The first-order chi connectivity index (χ1) is 15.8. The molecule has 32 heavy (non-hydrogen) atoms. The van der Waals surface area contributed by atoms with Crippen LogP contribution in [0, 0.1) is 0 Å². The van der Waals surface area contributed by atoms with Gasteiger partial charge in [0.15, 0.2) is 0 Å². The maximum absolute atomic E-state index is 6.35. The van der Waals surface area contributed by atoms with E-state index in [1.807, 2.05) is 42.5 Å². The molecular weight excluding hydrogens is 419 g/mol. The van der Waals surface area contributed by atoms with Gasteiger partial charge >= 0.3 is 8.24 Å². The van der Waals surface area contributed by atoms with Crippen molar-refractivity contribution in [2.75, 3.05) is 6.61 Å². The highest BCUT2D eigenvalue weighted by molar-refractivity contribution is 7.31. The lowest BCUT2D eigenvalue weighted by molar-refractivity contribution is -0.671. The van der Waals surface area contributed by atoms with E-state index in [0.717, 1.165) is 39.3 Å². The van der Waals surface area contributed by atoms with Gasteiger partial charge in [-0.05, 0) is 33.7 Å². The van der Waals surface area contributed by atoms with Crippen LogP contribution in [0.5, 0.6) is 0 Å². The molecule has 6 rings (SSSR count). The van der Waals surface area contributed by atoms with Crippen molar-refractivity contribution in [3.05, 3.63) is 91.5 Å². The van der Waals surface area contributed by atoms with Gasteiger partial charge in [-0.3, -0.25) is 4.52 Å². The fraction of sp³-hybridized carbons (Fsp3) is 0.115. The van der Waals surface area contributed by atoms with Crippen molar-refractivity contribution in [3.63, 3.8) is 0 Å². The number of nitrogens with zero attached hydrogens (tertiary/aromatic N) is 2. The molecule has 0 saturated carbocycles. The third kappa shape index (κ3) is 3.36. The highest BCUT2D eigenvalue weighted by atomic mass is 31.1. The topological polar surface area (TPSA) is 44.3 Å². The van der Waals surface area contributed by atoms with Crippen molar-refractivity contribution < 1.29 is 17.5 Å². The molecule has 0 atom stereocenters. The first-order valence-electron chi connectivity index (χ1n) is 10.6. The van der Waals surface area contributed by atoms with Crippen LogP contribution < -0.4 is 9.09 Å². The van der Waals surface area contributed by atoms with E-state index in [9.17, 15) is 0 Å². The van der Waals surface area contributed by atoms with Crippen LogP contribution in [0.2, 0.25) is 0 Å². The molecule has 5 nitrogen and oxygen atoms in total. The van der Waals surface area contributed by atoms with Crippen LogP contribution in [0.25, 0.3) is 43.5 Å². The lowest BCUT2D eigenvalue weighted by Crippen LogP contribution is -2.24. The number of aromatic nitrogens is 2. The Kier molecular flexibility index (Phi) is 4.71. The minimum absolute atomic E-state index is 0.492. The van der Waals surface area contributed by atoms with Gasteiger partial charge in [0.1, 0.15) is 36.7 Å². The highest BCUT2D eigenvalue weighted by Gasteiger charge is 2.13. The molecule has 6 heteroatoms. The standard InChI is InChI=1S/C26H22N2O3P/c1-27-14-15-28(18-27)16-17-29-32-30-23-12-10-19-6-2-4-8-21(19)25(23)26-22-9-5-3-7-20(22)11-13-24(26)31-32/h2-15,18H,16-17H2,1H3/q+1. The van der Waals surface area contributed by atoms with Gasteiger partial charge in [-0.15, -0.1) is 0 Å². The molecule has 2 heterocycles. The average molecular weight is 441 g/mol. The second kappa shape index (κ2) is 7.86. The van der Waals surface area contributed by atoms with Gasteiger partial charge < -0.3 is 8.39 Å². The Labute approximate surface area is 185 Å². The van der Waals surface area contributed by atoms with E-state index in [1.54, 1.807) is 0 Å². The number of imidazole rings is 1. The van der Waals surface area contributed by atoms with Crippen LogP contribution in [-0.4, -0.2) is 11.2 Å². The third-order valence-corrected chi connectivity index (χ3v) is 6.83. The largest absolute Gasteiger partial charge is 0.399 e. The van der Waals surface area contributed by atoms with Crippen LogP contribution in [0.4, 0.5) is 0 Å². The van der Waals surface area contributed by atoms with Gasteiger partial charge in [0.25, 0.3) is 0 Å². The Hall–Kier alpha value is -3.53. The first kappa shape index (κ1) is 19.2. The van der Waals surface area contributed by atoms with Crippen molar-refractivity contribution in [1.82, 2.24) is 4.57 Å². The van der Waals surface area contributed by atoms with Crippen molar-refractivity contribution >= 4 is 51.7 Å². The molecule has 0 spiro atoms. The second-order valence-electron chi connectivity index (χ2n) is 7.88. The Morgan fingerprint density at radius 2 is 1.41 bits per heavy atom. The molecule has 0 unspecified atom stereocenters. The molecule has 2 aromatic heterocycles. The predicted molar refractivity (Wildman–Crippen MR) is 128 cm³/mol. The fourth-order valence-electron chi connectivity index (χ4n) is 4.26. The molecule has 0 bridgehead atoms. The smallest absolute Gasteiger partial charge is 0.387 e. The van der Waals surface area contributed by atoms with Crippen molar-refractivity contribution in [3.8, 4) is 0 Å². The summed E-state index contributed by atoms with van der Waals surface area (Å²) in [5, 5.41) is 6.73. The number of benzene rings is 4. The van der Waals surface area contributed by atoms with E-state index in [-0.39, 0.29) is 0 Å². The molecule has 0 aliphatic carbocycles. The van der Waals surface area contributed by atoms with Crippen LogP contribution in [-0.2, 0) is 13.6 Å². The maximum atomic E-state index is 6.35. The maximum Gasteiger partial charge on any atom is 0.387 e. The van der Waals surface area contributed by atoms with E-state index < -0.39 is 8.24 Å². The summed E-state index contributed by atoms with van der Waals surface area (Å²) in [5.74, 6) is 0. The summed E-state index contributed by atoms with van der Waals surface area (Å²) in [4.78, 5) is 0. The van der Waals surface area contributed by atoms with E-state index in [1.165, 1.54) is 10.8 Å². The van der Waals surface area contributed by atoms with Gasteiger partial charge in [0, 0.05) is 10.8 Å². The van der Waals surface area contributed by atoms with Gasteiger partial charge in [0.2, 0.25) is 6.33 Å². The fourth-order valence-corrected chi connectivity index (χ4v) is 5.26. The number of hydrogen-bond acceptors (Lipinski definition) is 3. The zero-order valence-corrected chi connectivity index (χ0v) is 18.5. The number of rotatable bonds is 4. The van der Waals surface area contributed by atoms with Gasteiger partial charge in [-0.25, -0.2) is 9.13 Å². The van der Waals surface area contributed by atoms with E-state index in [2.05, 4.69) is 65.2 Å². The summed E-state index contributed by atoms with van der Waals surface area (Å²) in [5.41, 5.74) is 1.58. The third-order valence-electron chi connectivity index (χ3n) is 5.75. The minimum atomic E-state index is -1.59. The summed E-state index contributed by atoms with van der Waals surface area (Å²) in [6.07, 6.45) is 6.05. The first-order valence-corrected chi connectivity index (χ1v) is 11.7. The molecule has 0 aliphatic rings. The molecule has 4 aromatic carbocycles. The van der Waals surface area contributed by atoms with Crippen molar-refractivity contribution in [2.45, 2.75) is 6.54 Å². The predicted octanol–water partition coefficient (Wildman–Crippen LogP) is 6.35. The van der Waals surface area contributed by atoms with Crippen LogP contribution in [0.1, 0.15) is 0 Å². The SMILES string of the molecule is C[n+]1ccn(CCOp2oc3ccc4ccccc4c3c3c(ccc4ccccc43)o2)c1. The van der Waals surface area contributed by atoms with E-state index >= 15 is 0 Å². The molecule has 0 radical (unpaired) electrons. The average Bonchev–Trinajstić information content (AvgIpc) is 3.15. The number of fused-ring (bicyclic) bond motifs is 7. The lowest BCUT2D eigenvalue weighted by Gasteiger charge is -2.05. The Morgan fingerprint density at radius 1 is 0.812 bits per heavy atom. The van der Waals surface area contributed by atoms with Crippen LogP contribution in [0.3, 0.4) is 0 Å². The Balaban J connectivity index is 1.59. The molecule has 158 valence electrons. The molecule has 0 fully saturated rings. The molecule has 0 saturated heterocycles. The molecule has 0 N–H and O–H groups in total. The van der Waals surface area contributed by atoms with Gasteiger partial charge in [0.05, 0.1) is 7.05 Å². The van der Waals surface area contributed by atoms with Crippen molar-refractivity contribution in [1.29, 1.82) is 0 Å². The second-order valence-corrected chi connectivity index (χ2v) is 8.95. The summed E-state index contributed by atoms with van der Waals surface area (Å²) < 4.78 is 22.9. The molecule has 0 amide bonds. The summed E-state index contributed by atoms with van der Waals surface area (Å²) in [6, 6.07) is 25.0. The minimum Gasteiger partial charge on any atom is -0.399 e. The monoisotopic (exact) mass is 441 g/mol. The molecule has 6 aromatic rings. The van der Waals surface area contributed by atoms with E-state index in [0.29, 0.717) is 6.61 Å². The van der Waals surface area contributed by atoms with Crippen LogP contribution in [0.15, 0.2) is 99.9 Å². The lowest BCUT2D eigenvalue weighted by atomic mass is 9.99. The van der Waals surface area contributed by atoms with Gasteiger partial charge in [-0.1, -0.05) is 60.7 Å². The zero-order chi connectivity index (χ0) is 21.5. The normalized spacial score (nSPS) is 11.7. The Bertz CT molecular complexity index is 1540. The van der Waals surface area contributed by atoms with Gasteiger partial charge in [-0.2, -0.15) is 0 Å². The van der Waals surface area contributed by atoms with Crippen molar-refractivity contribution in [2.24, 2.45) is 7.05 Å². The van der Waals surface area contributed by atoms with E-state index in [4.69, 9.17) is 12.9 Å². The number of hydrogen-bond donors (Lipinski definition) is 0. The molecular formula is C26H22N2O3P+. The summed E-state index contributed by atoms with van der Waals surface area (Å²) >= 11 is 0. The zero-order valence-electron chi connectivity index (χ0n) is 17.6. The summed E-state index contributed by atoms with van der Waals surface area (Å²) in [7, 11) is 0.410. The highest BCUT2D eigenvalue weighted by Crippen LogP contribution is 2.40. The quantitative estimate of drug-likeness (QED) is 0.299. The Morgan fingerprint density at radius 3 is 1.97 bits per heavy atom. The summed E-state index contributed by atoms with van der Waals surface area (Å²) in [6.45, 7) is 1.22. The van der Waals surface area contributed by atoms with Crippen LogP contribution >= 0.6 is 8.24 Å². The number of aryl methyl sites for hydroxylation is 1.